The highest BCUT2D eigenvalue weighted by atomic mass is 19.3. The van der Waals surface area contributed by atoms with Crippen molar-refractivity contribution in [3.63, 3.8) is 0 Å². The molecule has 4 heteroatoms. The topological polar surface area (TPSA) is 35.2 Å². The van der Waals surface area contributed by atoms with Crippen molar-refractivity contribution >= 4 is 0 Å². The van der Waals surface area contributed by atoms with Gasteiger partial charge in [0.1, 0.15) is 0 Å². The van der Waals surface area contributed by atoms with Crippen molar-refractivity contribution in [1.29, 1.82) is 0 Å². The van der Waals surface area contributed by atoms with Gasteiger partial charge < -0.3 is 10.5 Å². The molecule has 2 fully saturated rings. The third kappa shape index (κ3) is 1.65. The molecule has 0 aromatic heterocycles. The summed E-state index contributed by atoms with van der Waals surface area (Å²) in [6, 6.07) is -0.226. The Hall–Kier alpha value is -0.220. The third-order valence-corrected chi connectivity index (χ3v) is 3.50. The minimum Gasteiger partial charge on any atom is -0.377 e. The first kappa shape index (κ1) is 10.3. The molecule has 3 unspecified atom stereocenters. The molecule has 0 bridgehead atoms. The van der Waals surface area contributed by atoms with Crippen molar-refractivity contribution in [3.8, 4) is 0 Å². The van der Waals surface area contributed by atoms with E-state index < -0.39 is 11.3 Å². The van der Waals surface area contributed by atoms with Crippen LogP contribution in [0.2, 0.25) is 0 Å². The molecule has 82 valence electrons. The van der Waals surface area contributed by atoms with Crippen LogP contribution in [-0.2, 0) is 4.74 Å². The van der Waals surface area contributed by atoms with Crippen LogP contribution in [0.1, 0.15) is 32.6 Å². The average molecular weight is 205 g/mol. The van der Waals surface area contributed by atoms with Crippen molar-refractivity contribution in [1.82, 2.24) is 0 Å². The van der Waals surface area contributed by atoms with Crippen LogP contribution in [0.25, 0.3) is 0 Å². The van der Waals surface area contributed by atoms with Crippen LogP contribution in [-0.4, -0.2) is 24.7 Å². The lowest BCUT2D eigenvalue weighted by atomic mass is 9.94. The Morgan fingerprint density at radius 3 is 2.64 bits per heavy atom. The SMILES string of the molecule is CC1(CC(N)C2CCCO2)CC1(F)F. The van der Waals surface area contributed by atoms with Gasteiger partial charge in [-0.05, 0) is 19.3 Å². The van der Waals surface area contributed by atoms with E-state index in [0.29, 0.717) is 6.42 Å². The Kier molecular flexibility index (Phi) is 2.31. The molecular formula is C10H17F2NO. The zero-order valence-electron chi connectivity index (χ0n) is 8.43. The summed E-state index contributed by atoms with van der Waals surface area (Å²) >= 11 is 0. The van der Waals surface area contributed by atoms with Gasteiger partial charge in [-0.1, -0.05) is 6.92 Å². The molecule has 14 heavy (non-hydrogen) atoms. The largest absolute Gasteiger partial charge is 0.377 e. The molecule has 2 nitrogen and oxygen atoms in total. The smallest absolute Gasteiger partial charge is 0.254 e. The van der Waals surface area contributed by atoms with Crippen LogP contribution in [0, 0.1) is 5.41 Å². The highest BCUT2D eigenvalue weighted by Gasteiger charge is 2.67. The van der Waals surface area contributed by atoms with Crippen LogP contribution in [0.3, 0.4) is 0 Å². The second-order valence-electron chi connectivity index (χ2n) is 4.86. The number of hydrogen-bond acceptors (Lipinski definition) is 2. The Morgan fingerprint density at radius 1 is 1.57 bits per heavy atom. The van der Waals surface area contributed by atoms with Crippen molar-refractivity contribution in [2.24, 2.45) is 11.1 Å². The highest BCUT2D eigenvalue weighted by molar-refractivity contribution is 5.08. The molecule has 1 aliphatic heterocycles. The molecule has 1 heterocycles. The van der Waals surface area contributed by atoms with Gasteiger partial charge in [0.05, 0.1) is 6.10 Å². The number of alkyl halides is 2. The number of ether oxygens (including phenoxy) is 1. The maximum absolute atomic E-state index is 12.9. The second kappa shape index (κ2) is 3.14. The fourth-order valence-corrected chi connectivity index (χ4v) is 2.26. The van der Waals surface area contributed by atoms with Gasteiger partial charge in [0.2, 0.25) is 0 Å². The minimum atomic E-state index is -2.50. The number of halogens is 2. The maximum atomic E-state index is 12.9. The average Bonchev–Trinajstić information content (AvgIpc) is 2.55. The number of hydrogen-bond donors (Lipinski definition) is 1. The minimum absolute atomic E-state index is 0.00299. The summed E-state index contributed by atoms with van der Waals surface area (Å²) in [6.07, 6.45) is 2.29. The van der Waals surface area contributed by atoms with E-state index in [4.69, 9.17) is 10.5 Å². The Balaban J connectivity index is 1.86. The molecule has 2 rings (SSSR count). The van der Waals surface area contributed by atoms with Gasteiger partial charge in [-0.3, -0.25) is 0 Å². The van der Waals surface area contributed by atoms with Gasteiger partial charge in [0, 0.05) is 24.5 Å². The van der Waals surface area contributed by atoms with E-state index in [9.17, 15) is 8.78 Å². The van der Waals surface area contributed by atoms with Crippen LogP contribution in [0.15, 0.2) is 0 Å². The molecule has 0 aromatic rings. The maximum Gasteiger partial charge on any atom is 0.254 e. The van der Waals surface area contributed by atoms with E-state index in [1.807, 2.05) is 0 Å². The van der Waals surface area contributed by atoms with Gasteiger partial charge in [0.15, 0.2) is 0 Å². The molecule has 3 atom stereocenters. The summed E-state index contributed by atoms with van der Waals surface area (Å²) in [5.41, 5.74) is 5.01. The molecule has 1 saturated heterocycles. The predicted octanol–water partition coefficient (Wildman–Crippen LogP) is 1.93. The normalized spacial score (nSPS) is 42.4. The molecule has 0 aromatic carbocycles. The zero-order chi connectivity index (χ0) is 10.4. The number of nitrogens with two attached hydrogens (primary N) is 1. The van der Waals surface area contributed by atoms with Crippen molar-refractivity contribution in [2.75, 3.05) is 6.61 Å². The van der Waals surface area contributed by atoms with Gasteiger partial charge in [-0.15, -0.1) is 0 Å². The lowest BCUT2D eigenvalue weighted by Gasteiger charge is -2.21. The lowest BCUT2D eigenvalue weighted by Crippen LogP contribution is -2.37. The summed E-state index contributed by atoms with van der Waals surface area (Å²) < 4.78 is 31.2. The summed E-state index contributed by atoms with van der Waals surface area (Å²) in [4.78, 5) is 0. The van der Waals surface area contributed by atoms with E-state index in [1.54, 1.807) is 6.92 Å². The quantitative estimate of drug-likeness (QED) is 0.764. The van der Waals surface area contributed by atoms with E-state index in [0.717, 1.165) is 19.4 Å². The van der Waals surface area contributed by atoms with Crippen LogP contribution < -0.4 is 5.73 Å². The first-order chi connectivity index (χ1) is 6.45. The summed E-state index contributed by atoms with van der Waals surface area (Å²) in [7, 11) is 0. The summed E-state index contributed by atoms with van der Waals surface area (Å²) in [6.45, 7) is 2.34. The third-order valence-electron chi connectivity index (χ3n) is 3.50. The molecular weight excluding hydrogens is 188 g/mol. The molecule has 1 saturated carbocycles. The van der Waals surface area contributed by atoms with Crippen molar-refractivity contribution in [3.05, 3.63) is 0 Å². The van der Waals surface area contributed by atoms with E-state index in [-0.39, 0.29) is 18.6 Å². The Labute approximate surface area is 82.8 Å². The second-order valence-corrected chi connectivity index (χ2v) is 4.86. The van der Waals surface area contributed by atoms with Crippen LogP contribution in [0.4, 0.5) is 8.78 Å². The Bertz CT molecular complexity index is 228. The summed E-state index contributed by atoms with van der Waals surface area (Å²) in [5, 5.41) is 0. The van der Waals surface area contributed by atoms with E-state index >= 15 is 0 Å². The molecule has 2 aliphatic rings. The van der Waals surface area contributed by atoms with Gasteiger partial charge in [-0.25, -0.2) is 8.78 Å². The fraction of sp³-hybridized carbons (Fsp3) is 1.00. The molecule has 2 N–H and O–H groups in total. The first-order valence-corrected chi connectivity index (χ1v) is 5.20. The molecule has 0 amide bonds. The van der Waals surface area contributed by atoms with Gasteiger partial charge in [-0.2, -0.15) is 0 Å². The molecule has 1 aliphatic carbocycles. The fourth-order valence-electron chi connectivity index (χ4n) is 2.26. The standard InChI is InChI=1S/C10H17F2NO/c1-9(6-10(9,11)12)5-7(13)8-3-2-4-14-8/h7-8H,2-6,13H2,1H3. The van der Waals surface area contributed by atoms with Crippen molar-refractivity contribution < 1.29 is 13.5 Å². The first-order valence-electron chi connectivity index (χ1n) is 5.20. The Morgan fingerprint density at radius 2 is 2.21 bits per heavy atom. The molecule has 0 spiro atoms. The molecule has 0 radical (unpaired) electrons. The van der Waals surface area contributed by atoms with Crippen molar-refractivity contribution in [2.45, 2.75) is 50.7 Å². The zero-order valence-corrected chi connectivity index (χ0v) is 8.43. The monoisotopic (exact) mass is 205 g/mol. The summed E-state index contributed by atoms with van der Waals surface area (Å²) in [5.74, 6) is -2.50. The van der Waals surface area contributed by atoms with Crippen LogP contribution in [0.5, 0.6) is 0 Å². The van der Waals surface area contributed by atoms with Crippen LogP contribution >= 0.6 is 0 Å². The highest BCUT2D eigenvalue weighted by Crippen LogP contribution is 2.62. The van der Waals surface area contributed by atoms with Gasteiger partial charge in [0.25, 0.3) is 5.92 Å². The van der Waals surface area contributed by atoms with E-state index in [2.05, 4.69) is 0 Å². The predicted molar refractivity (Wildman–Crippen MR) is 49.2 cm³/mol. The van der Waals surface area contributed by atoms with Gasteiger partial charge >= 0.3 is 0 Å². The number of rotatable bonds is 3. The van der Waals surface area contributed by atoms with E-state index in [1.165, 1.54) is 0 Å². The lowest BCUT2D eigenvalue weighted by molar-refractivity contribution is 0.0441.